The van der Waals surface area contributed by atoms with Gasteiger partial charge in [0.2, 0.25) is 0 Å². The molecule has 0 atom stereocenters. The Labute approximate surface area is 127 Å². The van der Waals surface area contributed by atoms with Gasteiger partial charge in [0, 0.05) is 23.7 Å². The number of hydrogen-bond donors (Lipinski definition) is 1. The van der Waals surface area contributed by atoms with Gasteiger partial charge in [0.15, 0.2) is 0 Å². The van der Waals surface area contributed by atoms with E-state index in [9.17, 15) is 4.79 Å². The van der Waals surface area contributed by atoms with Crippen LogP contribution in [-0.2, 0) is 11.3 Å². The second-order valence-electron chi connectivity index (χ2n) is 4.49. The Hall–Kier alpha value is -2.58. The summed E-state index contributed by atoms with van der Waals surface area (Å²) >= 11 is 1.58. The molecule has 5 heteroatoms. The van der Waals surface area contributed by atoms with Gasteiger partial charge in [-0.3, -0.25) is 0 Å². The van der Waals surface area contributed by atoms with E-state index in [2.05, 4.69) is 6.07 Å². The molecule has 106 valence electrons. The minimum Gasteiger partial charge on any atom is -0.478 e. The van der Waals surface area contributed by atoms with Gasteiger partial charge >= 0.3 is 5.97 Å². The zero-order valence-corrected chi connectivity index (χ0v) is 12.3. The zero-order chi connectivity index (χ0) is 15.2. The fourth-order valence-corrected chi connectivity index (χ4v) is 2.83. The number of nitriles is 1. The second-order valence-corrected chi connectivity index (χ2v) is 5.49. The summed E-state index contributed by atoms with van der Waals surface area (Å²) < 4.78 is 0. The number of hydrogen-bond acceptors (Lipinski definition) is 4. The maximum Gasteiger partial charge on any atom is 0.328 e. The van der Waals surface area contributed by atoms with Crippen molar-refractivity contribution >= 4 is 29.1 Å². The highest BCUT2D eigenvalue weighted by molar-refractivity contribution is 7.10. The van der Waals surface area contributed by atoms with E-state index in [0.29, 0.717) is 12.1 Å². The van der Waals surface area contributed by atoms with Crippen LogP contribution in [0.25, 0.3) is 6.08 Å². The number of carboxylic acids is 1. The fraction of sp³-hybridized carbons (Fsp3) is 0.125. The highest BCUT2D eigenvalue weighted by Gasteiger charge is 2.07. The van der Waals surface area contributed by atoms with Crippen LogP contribution < -0.4 is 4.90 Å². The van der Waals surface area contributed by atoms with E-state index in [4.69, 9.17) is 10.4 Å². The Morgan fingerprint density at radius 1 is 1.48 bits per heavy atom. The van der Waals surface area contributed by atoms with Crippen LogP contribution in [0.1, 0.15) is 16.0 Å². The van der Waals surface area contributed by atoms with Gasteiger partial charge in [-0.2, -0.15) is 5.26 Å². The predicted octanol–water partition coefficient (Wildman–Crippen LogP) is 3.35. The Morgan fingerprint density at radius 3 is 3.00 bits per heavy atom. The molecule has 1 aromatic carbocycles. The Morgan fingerprint density at radius 2 is 2.29 bits per heavy atom. The monoisotopic (exact) mass is 298 g/mol. The summed E-state index contributed by atoms with van der Waals surface area (Å²) in [5, 5.41) is 19.6. The van der Waals surface area contributed by atoms with Gasteiger partial charge in [-0.05, 0) is 41.3 Å². The van der Waals surface area contributed by atoms with E-state index in [1.165, 1.54) is 0 Å². The number of nitrogens with zero attached hydrogens (tertiary/aromatic N) is 2. The summed E-state index contributed by atoms with van der Waals surface area (Å²) in [4.78, 5) is 13.7. The molecule has 2 aromatic rings. The number of anilines is 1. The van der Waals surface area contributed by atoms with Crippen LogP contribution >= 0.6 is 11.3 Å². The van der Waals surface area contributed by atoms with Crippen LogP contribution in [0.5, 0.6) is 0 Å². The van der Waals surface area contributed by atoms with Crippen molar-refractivity contribution in [1.82, 2.24) is 0 Å². The molecule has 0 aliphatic rings. The van der Waals surface area contributed by atoms with E-state index >= 15 is 0 Å². The van der Waals surface area contributed by atoms with Crippen molar-refractivity contribution in [2.75, 3.05) is 11.9 Å². The number of carbonyl (C=O) groups is 1. The third kappa shape index (κ3) is 3.94. The first kappa shape index (κ1) is 14.8. The van der Waals surface area contributed by atoms with E-state index in [-0.39, 0.29) is 0 Å². The minimum absolute atomic E-state index is 0.622. The molecule has 0 amide bonds. The summed E-state index contributed by atoms with van der Waals surface area (Å²) in [6.45, 7) is 0.659. The summed E-state index contributed by atoms with van der Waals surface area (Å²) in [6, 6.07) is 11.4. The van der Waals surface area contributed by atoms with Crippen LogP contribution in [-0.4, -0.2) is 18.1 Å². The molecule has 21 heavy (non-hydrogen) atoms. The quantitative estimate of drug-likeness (QED) is 0.860. The van der Waals surface area contributed by atoms with Gasteiger partial charge in [0.1, 0.15) is 0 Å². The lowest BCUT2D eigenvalue weighted by atomic mass is 10.2. The van der Waals surface area contributed by atoms with Gasteiger partial charge in [0.05, 0.1) is 18.2 Å². The van der Waals surface area contributed by atoms with Gasteiger partial charge in [0.25, 0.3) is 0 Å². The molecule has 0 radical (unpaired) electrons. The summed E-state index contributed by atoms with van der Waals surface area (Å²) in [7, 11) is 1.95. The summed E-state index contributed by atoms with van der Waals surface area (Å²) in [5.41, 5.74) is 2.48. The second kappa shape index (κ2) is 6.73. The molecule has 0 aliphatic heterocycles. The van der Waals surface area contributed by atoms with Crippen molar-refractivity contribution in [2.24, 2.45) is 0 Å². The van der Waals surface area contributed by atoms with E-state index in [1.54, 1.807) is 23.5 Å². The highest BCUT2D eigenvalue weighted by Crippen LogP contribution is 2.23. The lowest BCUT2D eigenvalue weighted by molar-refractivity contribution is -0.131. The van der Waals surface area contributed by atoms with Crippen LogP contribution in [0.2, 0.25) is 0 Å². The first-order chi connectivity index (χ1) is 10.1. The third-order valence-corrected chi connectivity index (χ3v) is 3.90. The maximum absolute atomic E-state index is 10.6. The minimum atomic E-state index is -0.956. The largest absolute Gasteiger partial charge is 0.478 e. The lowest BCUT2D eigenvalue weighted by Gasteiger charge is -2.19. The van der Waals surface area contributed by atoms with Crippen LogP contribution in [0.3, 0.4) is 0 Å². The fourth-order valence-electron chi connectivity index (χ4n) is 1.91. The molecule has 2 rings (SSSR count). The molecule has 1 N–H and O–H groups in total. The summed E-state index contributed by atoms with van der Waals surface area (Å²) in [6.07, 6.45) is 2.75. The van der Waals surface area contributed by atoms with Crippen LogP contribution in [0.15, 0.2) is 41.8 Å². The zero-order valence-electron chi connectivity index (χ0n) is 11.5. The Kier molecular flexibility index (Phi) is 4.75. The maximum atomic E-state index is 10.6. The Bertz CT molecular complexity index is 713. The molecule has 0 saturated heterocycles. The smallest absolute Gasteiger partial charge is 0.328 e. The average molecular weight is 298 g/mol. The topological polar surface area (TPSA) is 64.3 Å². The van der Waals surface area contributed by atoms with E-state index < -0.39 is 5.97 Å². The molecule has 1 heterocycles. The van der Waals surface area contributed by atoms with Gasteiger partial charge in [-0.15, -0.1) is 11.3 Å². The first-order valence-corrected chi connectivity index (χ1v) is 7.17. The molecule has 1 aromatic heterocycles. The SMILES string of the molecule is CN(Cc1sccc1C=CC(=O)O)c1cccc(C#N)c1. The molecule has 0 unspecified atom stereocenters. The molecule has 4 nitrogen and oxygen atoms in total. The standard InChI is InChI=1S/C16H14N2O2S/c1-18(14-4-2-3-12(9-14)10-17)11-15-13(7-8-21-15)5-6-16(19)20/h2-9H,11H2,1H3,(H,19,20). The lowest BCUT2D eigenvalue weighted by Crippen LogP contribution is -2.16. The van der Waals surface area contributed by atoms with Gasteiger partial charge in [-0.1, -0.05) is 6.07 Å². The van der Waals surface area contributed by atoms with E-state index in [1.807, 2.05) is 41.6 Å². The van der Waals surface area contributed by atoms with E-state index in [0.717, 1.165) is 22.2 Å². The van der Waals surface area contributed by atoms with Crippen molar-refractivity contribution in [2.45, 2.75) is 6.54 Å². The molecule has 0 spiro atoms. The van der Waals surface area contributed by atoms with Crippen molar-refractivity contribution in [3.05, 3.63) is 57.8 Å². The average Bonchev–Trinajstić information content (AvgIpc) is 2.92. The molecule has 0 fully saturated rings. The molecular formula is C16H14N2O2S. The van der Waals surface area contributed by atoms with Crippen LogP contribution in [0.4, 0.5) is 5.69 Å². The Balaban J connectivity index is 2.16. The van der Waals surface area contributed by atoms with Gasteiger partial charge < -0.3 is 10.0 Å². The van der Waals surface area contributed by atoms with Crippen molar-refractivity contribution < 1.29 is 9.90 Å². The normalized spacial score (nSPS) is 10.5. The number of rotatable bonds is 5. The highest BCUT2D eigenvalue weighted by atomic mass is 32.1. The molecule has 0 aliphatic carbocycles. The predicted molar refractivity (Wildman–Crippen MR) is 84.3 cm³/mol. The number of thiophene rings is 1. The molecular weight excluding hydrogens is 284 g/mol. The third-order valence-electron chi connectivity index (χ3n) is 2.98. The number of aliphatic carboxylic acids is 1. The van der Waals surface area contributed by atoms with Crippen molar-refractivity contribution in [3.8, 4) is 6.07 Å². The molecule has 0 saturated carbocycles. The van der Waals surface area contributed by atoms with Crippen molar-refractivity contribution in [1.29, 1.82) is 5.26 Å². The van der Waals surface area contributed by atoms with Crippen molar-refractivity contribution in [3.63, 3.8) is 0 Å². The number of benzene rings is 1. The van der Waals surface area contributed by atoms with Gasteiger partial charge in [-0.25, -0.2) is 4.79 Å². The number of carboxylic acid groups (broad SMARTS) is 1. The van der Waals surface area contributed by atoms with Crippen LogP contribution in [0, 0.1) is 11.3 Å². The molecule has 0 bridgehead atoms. The first-order valence-electron chi connectivity index (χ1n) is 6.29. The summed E-state index contributed by atoms with van der Waals surface area (Å²) in [5.74, 6) is -0.956.